The van der Waals surface area contributed by atoms with Gasteiger partial charge >= 0.3 is 0 Å². The maximum absolute atomic E-state index is 5.50. The number of hydrogen-bond donors (Lipinski definition) is 1. The standard InChI is InChI=1S/C17H27NO/c1-17(2,3)15-7-5-13(6-8-15)11-16(18-4)14-9-10-19-12-14/h5-8,14,16,18H,9-12H2,1-4H3. The van der Waals surface area contributed by atoms with Crippen molar-refractivity contribution in [2.45, 2.75) is 45.1 Å². The van der Waals surface area contributed by atoms with Gasteiger partial charge in [0.2, 0.25) is 0 Å². The first-order chi connectivity index (χ1) is 9.00. The predicted molar refractivity (Wildman–Crippen MR) is 80.6 cm³/mol. The Kier molecular flexibility index (Phi) is 4.64. The molecule has 1 aliphatic rings. The summed E-state index contributed by atoms with van der Waals surface area (Å²) >= 11 is 0. The van der Waals surface area contributed by atoms with Crippen molar-refractivity contribution in [2.75, 3.05) is 20.3 Å². The van der Waals surface area contributed by atoms with Gasteiger partial charge in [-0.1, -0.05) is 45.0 Å². The van der Waals surface area contributed by atoms with Gasteiger partial charge in [0.05, 0.1) is 6.61 Å². The number of likely N-dealkylation sites (N-methyl/N-ethyl adjacent to an activating group) is 1. The average molecular weight is 261 g/mol. The van der Waals surface area contributed by atoms with Crippen molar-refractivity contribution in [1.29, 1.82) is 0 Å². The van der Waals surface area contributed by atoms with Crippen LogP contribution in [-0.2, 0) is 16.6 Å². The predicted octanol–water partition coefficient (Wildman–Crippen LogP) is 3.15. The van der Waals surface area contributed by atoms with Crippen LogP contribution in [0, 0.1) is 5.92 Å². The third kappa shape index (κ3) is 3.80. The minimum Gasteiger partial charge on any atom is -0.381 e. The molecule has 2 heteroatoms. The molecule has 1 fully saturated rings. The molecule has 1 aromatic carbocycles. The highest BCUT2D eigenvalue weighted by Crippen LogP contribution is 2.24. The topological polar surface area (TPSA) is 21.3 Å². The Bertz CT molecular complexity index is 385. The van der Waals surface area contributed by atoms with Crippen molar-refractivity contribution >= 4 is 0 Å². The SMILES string of the molecule is CNC(Cc1ccc(C(C)(C)C)cc1)C1CCOC1. The molecule has 106 valence electrons. The minimum absolute atomic E-state index is 0.236. The Morgan fingerprint density at radius 1 is 1.26 bits per heavy atom. The van der Waals surface area contributed by atoms with Crippen molar-refractivity contribution in [1.82, 2.24) is 5.32 Å². The molecule has 0 aliphatic carbocycles. The van der Waals surface area contributed by atoms with Crippen LogP contribution in [0.15, 0.2) is 24.3 Å². The second-order valence-electron chi connectivity index (χ2n) is 6.67. The van der Waals surface area contributed by atoms with Gasteiger partial charge in [-0.15, -0.1) is 0 Å². The van der Waals surface area contributed by atoms with E-state index < -0.39 is 0 Å². The molecule has 19 heavy (non-hydrogen) atoms. The van der Waals surface area contributed by atoms with Crippen LogP contribution < -0.4 is 5.32 Å². The van der Waals surface area contributed by atoms with Gasteiger partial charge in [0.1, 0.15) is 0 Å². The molecule has 0 spiro atoms. The lowest BCUT2D eigenvalue weighted by atomic mass is 9.85. The monoisotopic (exact) mass is 261 g/mol. The van der Waals surface area contributed by atoms with Crippen LogP contribution in [0.3, 0.4) is 0 Å². The summed E-state index contributed by atoms with van der Waals surface area (Å²) in [7, 11) is 2.06. The van der Waals surface area contributed by atoms with Crippen molar-refractivity contribution in [3.05, 3.63) is 35.4 Å². The summed E-state index contributed by atoms with van der Waals surface area (Å²) in [6.45, 7) is 8.61. The van der Waals surface area contributed by atoms with Crippen LogP contribution in [-0.4, -0.2) is 26.3 Å². The van der Waals surface area contributed by atoms with Gasteiger partial charge in [-0.2, -0.15) is 0 Å². The first kappa shape index (κ1) is 14.5. The first-order valence-electron chi connectivity index (χ1n) is 7.35. The van der Waals surface area contributed by atoms with Crippen LogP contribution in [0.4, 0.5) is 0 Å². The van der Waals surface area contributed by atoms with E-state index in [4.69, 9.17) is 4.74 Å². The minimum atomic E-state index is 0.236. The highest BCUT2D eigenvalue weighted by atomic mass is 16.5. The molecule has 0 radical (unpaired) electrons. The van der Waals surface area contributed by atoms with Crippen LogP contribution in [0.5, 0.6) is 0 Å². The van der Waals surface area contributed by atoms with Crippen molar-refractivity contribution < 1.29 is 4.74 Å². The van der Waals surface area contributed by atoms with E-state index in [-0.39, 0.29) is 5.41 Å². The van der Waals surface area contributed by atoms with Gasteiger partial charge in [-0.3, -0.25) is 0 Å². The molecule has 2 atom stereocenters. The molecule has 2 rings (SSSR count). The summed E-state index contributed by atoms with van der Waals surface area (Å²) in [5.74, 6) is 0.660. The molecule has 2 nitrogen and oxygen atoms in total. The number of nitrogens with one attached hydrogen (secondary N) is 1. The van der Waals surface area contributed by atoms with Crippen molar-refractivity contribution in [2.24, 2.45) is 5.92 Å². The fourth-order valence-electron chi connectivity index (χ4n) is 2.77. The van der Waals surface area contributed by atoms with Gasteiger partial charge in [-0.05, 0) is 36.4 Å². The van der Waals surface area contributed by atoms with Gasteiger partial charge in [0.15, 0.2) is 0 Å². The van der Waals surface area contributed by atoms with E-state index in [0.717, 1.165) is 19.6 Å². The number of benzene rings is 1. The largest absolute Gasteiger partial charge is 0.381 e. The fraction of sp³-hybridized carbons (Fsp3) is 0.647. The Morgan fingerprint density at radius 2 is 1.95 bits per heavy atom. The molecule has 0 bridgehead atoms. The zero-order valence-corrected chi connectivity index (χ0v) is 12.7. The second-order valence-corrected chi connectivity index (χ2v) is 6.67. The molecule has 1 aromatic rings. The fourth-order valence-corrected chi connectivity index (χ4v) is 2.77. The zero-order valence-electron chi connectivity index (χ0n) is 12.7. The lowest BCUT2D eigenvalue weighted by Gasteiger charge is -2.23. The lowest BCUT2D eigenvalue weighted by Crippen LogP contribution is -2.35. The van der Waals surface area contributed by atoms with E-state index in [2.05, 4.69) is 57.4 Å². The van der Waals surface area contributed by atoms with Crippen LogP contribution in [0.1, 0.15) is 38.3 Å². The summed E-state index contributed by atoms with van der Waals surface area (Å²) in [5.41, 5.74) is 3.06. The average Bonchev–Trinajstić information content (AvgIpc) is 2.89. The number of hydrogen-bond acceptors (Lipinski definition) is 2. The van der Waals surface area contributed by atoms with Crippen LogP contribution >= 0.6 is 0 Å². The van der Waals surface area contributed by atoms with E-state index in [1.807, 2.05) is 0 Å². The Balaban J connectivity index is 2.01. The highest BCUT2D eigenvalue weighted by molar-refractivity contribution is 5.28. The van der Waals surface area contributed by atoms with E-state index in [1.54, 1.807) is 0 Å². The van der Waals surface area contributed by atoms with Gasteiger partial charge < -0.3 is 10.1 Å². The third-order valence-corrected chi connectivity index (χ3v) is 4.18. The lowest BCUT2D eigenvalue weighted by molar-refractivity contribution is 0.177. The van der Waals surface area contributed by atoms with Gasteiger partial charge in [-0.25, -0.2) is 0 Å². The molecular formula is C17H27NO. The Hall–Kier alpha value is -0.860. The maximum Gasteiger partial charge on any atom is 0.0510 e. The summed E-state index contributed by atoms with van der Waals surface area (Å²) in [4.78, 5) is 0. The number of ether oxygens (including phenoxy) is 1. The van der Waals surface area contributed by atoms with Crippen LogP contribution in [0.25, 0.3) is 0 Å². The quantitative estimate of drug-likeness (QED) is 0.899. The first-order valence-corrected chi connectivity index (χ1v) is 7.35. The third-order valence-electron chi connectivity index (χ3n) is 4.18. The molecule has 2 unspecified atom stereocenters. The van der Waals surface area contributed by atoms with E-state index in [0.29, 0.717) is 12.0 Å². The molecule has 1 aliphatic heterocycles. The van der Waals surface area contributed by atoms with Crippen molar-refractivity contribution in [3.8, 4) is 0 Å². The Labute approximate surface area is 117 Å². The van der Waals surface area contributed by atoms with E-state index in [1.165, 1.54) is 17.5 Å². The molecule has 0 aromatic heterocycles. The highest BCUT2D eigenvalue weighted by Gasteiger charge is 2.24. The second kappa shape index (κ2) is 6.06. The summed E-state index contributed by atoms with van der Waals surface area (Å²) in [6.07, 6.45) is 2.28. The van der Waals surface area contributed by atoms with E-state index in [9.17, 15) is 0 Å². The molecule has 1 saturated heterocycles. The Morgan fingerprint density at radius 3 is 2.42 bits per heavy atom. The van der Waals surface area contributed by atoms with Crippen molar-refractivity contribution in [3.63, 3.8) is 0 Å². The normalized spacial score (nSPS) is 21.6. The summed E-state index contributed by atoms with van der Waals surface area (Å²) in [5, 5.41) is 3.46. The molecule has 1 N–H and O–H groups in total. The van der Waals surface area contributed by atoms with Gasteiger partial charge in [0.25, 0.3) is 0 Å². The summed E-state index contributed by atoms with van der Waals surface area (Å²) < 4.78 is 5.50. The van der Waals surface area contributed by atoms with E-state index >= 15 is 0 Å². The molecular weight excluding hydrogens is 234 g/mol. The van der Waals surface area contributed by atoms with Crippen LogP contribution in [0.2, 0.25) is 0 Å². The maximum atomic E-state index is 5.50. The smallest absolute Gasteiger partial charge is 0.0510 e. The van der Waals surface area contributed by atoms with Gasteiger partial charge in [0, 0.05) is 18.6 Å². The number of rotatable bonds is 4. The zero-order chi connectivity index (χ0) is 13.9. The molecule has 0 amide bonds. The molecule has 0 saturated carbocycles. The summed E-state index contributed by atoms with van der Waals surface area (Å²) in [6, 6.07) is 9.63. The molecule has 1 heterocycles.